The molecule has 24 heavy (non-hydrogen) atoms. The number of benzene rings is 1. The van der Waals surface area contributed by atoms with E-state index in [9.17, 15) is 9.90 Å². The van der Waals surface area contributed by atoms with Gasteiger partial charge < -0.3 is 14.6 Å². The summed E-state index contributed by atoms with van der Waals surface area (Å²) in [4.78, 5) is 13.6. The molecule has 3 N–H and O–H groups in total. The third-order valence-electron chi connectivity index (χ3n) is 3.75. The van der Waals surface area contributed by atoms with Gasteiger partial charge in [0.1, 0.15) is 0 Å². The molecule has 0 saturated carbocycles. The molecule has 2 rings (SSSR count). The largest absolute Gasteiger partial charge is 0.465 e. The summed E-state index contributed by atoms with van der Waals surface area (Å²) >= 11 is 0. The second-order valence-corrected chi connectivity index (χ2v) is 5.68. The van der Waals surface area contributed by atoms with Crippen LogP contribution >= 0.6 is 0 Å². The fraction of sp³-hybridized carbons (Fsp3) is 0.588. The molecule has 1 aliphatic rings. The third-order valence-corrected chi connectivity index (χ3v) is 3.75. The molecule has 0 bridgehead atoms. The maximum Gasteiger partial charge on any atom is 0.320 e. The van der Waals surface area contributed by atoms with E-state index in [1.54, 1.807) is 6.92 Å². The van der Waals surface area contributed by atoms with Gasteiger partial charge in [-0.25, -0.2) is 0 Å². The maximum atomic E-state index is 11.2. The highest BCUT2D eigenvalue weighted by atomic mass is 16.5. The van der Waals surface area contributed by atoms with E-state index in [2.05, 4.69) is 27.7 Å². The molecule has 7 nitrogen and oxygen atoms in total. The summed E-state index contributed by atoms with van der Waals surface area (Å²) in [5.74, 6) is -0.383. The minimum absolute atomic E-state index is 0.0287. The van der Waals surface area contributed by atoms with Gasteiger partial charge in [-0.2, -0.15) is 0 Å². The van der Waals surface area contributed by atoms with Gasteiger partial charge in [0, 0.05) is 26.2 Å². The molecule has 1 atom stereocenters. The molecule has 0 spiro atoms. The lowest BCUT2D eigenvalue weighted by Gasteiger charge is -2.26. The van der Waals surface area contributed by atoms with Gasteiger partial charge in [0.2, 0.25) is 0 Å². The molecule has 1 saturated heterocycles. The van der Waals surface area contributed by atoms with E-state index >= 15 is 0 Å². The lowest BCUT2D eigenvalue weighted by molar-refractivity contribution is -0.142. The zero-order valence-electron chi connectivity index (χ0n) is 14.2. The van der Waals surface area contributed by atoms with E-state index in [1.807, 2.05) is 12.1 Å². The van der Waals surface area contributed by atoms with Crippen LogP contribution in [0.15, 0.2) is 24.3 Å². The van der Waals surface area contributed by atoms with E-state index in [1.165, 1.54) is 5.56 Å². The first-order valence-electron chi connectivity index (χ1n) is 8.35. The van der Waals surface area contributed by atoms with E-state index in [4.69, 9.17) is 9.47 Å². The van der Waals surface area contributed by atoms with Crippen molar-refractivity contribution in [3.8, 4) is 0 Å². The maximum absolute atomic E-state index is 11.2. The topological polar surface area (TPSA) is 83.1 Å². The van der Waals surface area contributed by atoms with Gasteiger partial charge in [0.05, 0.1) is 26.4 Å². The Bertz CT molecular complexity index is 506. The van der Waals surface area contributed by atoms with Crippen molar-refractivity contribution < 1.29 is 19.4 Å². The number of carbonyl (C=O) groups excluding carboxylic acids is 1. The summed E-state index contributed by atoms with van der Waals surface area (Å²) in [7, 11) is 0. The van der Waals surface area contributed by atoms with Crippen LogP contribution in [0.2, 0.25) is 0 Å². The second-order valence-electron chi connectivity index (χ2n) is 5.68. The quantitative estimate of drug-likeness (QED) is 0.433. The van der Waals surface area contributed by atoms with E-state index in [0.29, 0.717) is 13.2 Å². The predicted molar refractivity (Wildman–Crippen MR) is 90.0 cm³/mol. The van der Waals surface area contributed by atoms with Crippen LogP contribution in [0.5, 0.6) is 0 Å². The Kier molecular flexibility index (Phi) is 8.14. The Morgan fingerprint density at radius 2 is 2.08 bits per heavy atom. The monoisotopic (exact) mass is 337 g/mol. The normalized spacial score (nSPS) is 16.8. The van der Waals surface area contributed by atoms with Crippen molar-refractivity contribution in [1.29, 1.82) is 0 Å². The Morgan fingerprint density at radius 3 is 2.83 bits per heavy atom. The van der Waals surface area contributed by atoms with Crippen LogP contribution in [-0.2, 0) is 27.4 Å². The fourth-order valence-corrected chi connectivity index (χ4v) is 2.53. The number of esters is 1. The average molecular weight is 337 g/mol. The van der Waals surface area contributed by atoms with Gasteiger partial charge in [-0.15, -0.1) is 0 Å². The van der Waals surface area contributed by atoms with Crippen molar-refractivity contribution in [2.75, 3.05) is 39.5 Å². The van der Waals surface area contributed by atoms with Crippen molar-refractivity contribution in [1.82, 2.24) is 15.5 Å². The molecule has 0 radical (unpaired) electrons. The summed E-state index contributed by atoms with van der Waals surface area (Å²) in [6.45, 7) is 6.96. The lowest BCUT2D eigenvalue weighted by atomic mass is 10.1. The molecule has 0 aromatic heterocycles. The Balaban J connectivity index is 1.73. The minimum atomic E-state index is -0.961. The van der Waals surface area contributed by atoms with E-state index in [0.717, 1.165) is 38.4 Å². The van der Waals surface area contributed by atoms with Crippen LogP contribution in [0.25, 0.3) is 0 Å². The molecule has 1 heterocycles. The predicted octanol–water partition coefficient (Wildman–Crippen LogP) is 0.0370. The molecule has 1 aliphatic heterocycles. The summed E-state index contributed by atoms with van der Waals surface area (Å²) in [6, 6.07) is 8.26. The number of hydrogen-bond acceptors (Lipinski definition) is 7. The highest BCUT2D eigenvalue weighted by Gasteiger charge is 2.11. The average Bonchev–Trinajstić information content (AvgIpc) is 2.60. The SMILES string of the molecule is CCOC(=O)CNC(O)NCc1cccc(CN2CCOCC2)c1. The highest BCUT2D eigenvalue weighted by Crippen LogP contribution is 2.10. The third kappa shape index (κ3) is 6.94. The van der Waals surface area contributed by atoms with E-state index < -0.39 is 6.35 Å². The molecule has 0 amide bonds. The van der Waals surface area contributed by atoms with Gasteiger partial charge in [0.25, 0.3) is 0 Å². The van der Waals surface area contributed by atoms with Crippen LogP contribution < -0.4 is 10.6 Å². The zero-order chi connectivity index (χ0) is 17.2. The van der Waals surface area contributed by atoms with Crippen LogP contribution in [0.1, 0.15) is 18.1 Å². The smallest absolute Gasteiger partial charge is 0.320 e. The van der Waals surface area contributed by atoms with Crippen molar-refractivity contribution in [3.05, 3.63) is 35.4 Å². The summed E-state index contributed by atoms with van der Waals surface area (Å²) in [6.07, 6.45) is -0.961. The van der Waals surface area contributed by atoms with Gasteiger partial charge in [0.15, 0.2) is 6.35 Å². The van der Waals surface area contributed by atoms with Crippen molar-refractivity contribution in [3.63, 3.8) is 0 Å². The van der Waals surface area contributed by atoms with Gasteiger partial charge in [-0.05, 0) is 18.1 Å². The van der Waals surface area contributed by atoms with Crippen LogP contribution in [0, 0.1) is 0 Å². The summed E-state index contributed by atoms with van der Waals surface area (Å²) in [5.41, 5.74) is 2.32. The molecule has 1 aromatic rings. The van der Waals surface area contributed by atoms with Crippen molar-refractivity contribution in [2.24, 2.45) is 0 Å². The second kappa shape index (κ2) is 10.4. The highest BCUT2D eigenvalue weighted by molar-refractivity contribution is 5.71. The summed E-state index contributed by atoms with van der Waals surface area (Å²) in [5, 5.41) is 15.4. The van der Waals surface area contributed by atoms with Crippen LogP contribution in [-0.4, -0.2) is 61.8 Å². The number of morpholine rings is 1. The lowest BCUT2D eigenvalue weighted by Crippen LogP contribution is -2.44. The van der Waals surface area contributed by atoms with Crippen molar-refractivity contribution in [2.45, 2.75) is 26.4 Å². The zero-order valence-corrected chi connectivity index (χ0v) is 14.2. The minimum Gasteiger partial charge on any atom is -0.465 e. The number of aliphatic hydroxyl groups excluding tert-OH is 1. The number of hydrogen-bond donors (Lipinski definition) is 3. The number of rotatable bonds is 9. The molecular weight excluding hydrogens is 310 g/mol. The first-order valence-corrected chi connectivity index (χ1v) is 8.35. The standard InChI is InChI=1S/C17H27N3O4/c1-2-24-16(21)12-19-17(22)18-11-14-4-3-5-15(10-14)13-20-6-8-23-9-7-20/h3-5,10,17-19,22H,2,6-9,11-13H2,1H3. The Labute approximate surface area is 142 Å². The van der Waals surface area contributed by atoms with Gasteiger partial charge in [-0.3, -0.25) is 20.3 Å². The molecule has 1 fully saturated rings. The molecule has 0 aliphatic carbocycles. The molecule has 7 heteroatoms. The fourth-order valence-electron chi connectivity index (χ4n) is 2.53. The molecule has 134 valence electrons. The molecular formula is C17H27N3O4. The van der Waals surface area contributed by atoms with Gasteiger partial charge in [-0.1, -0.05) is 24.3 Å². The van der Waals surface area contributed by atoms with Crippen LogP contribution in [0.3, 0.4) is 0 Å². The number of nitrogens with zero attached hydrogens (tertiary/aromatic N) is 1. The van der Waals surface area contributed by atoms with Crippen molar-refractivity contribution >= 4 is 5.97 Å². The van der Waals surface area contributed by atoms with E-state index in [-0.39, 0.29) is 12.5 Å². The number of ether oxygens (including phenoxy) is 2. The summed E-state index contributed by atoms with van der Waals surface area (Å²) < 4.78 is 10.2. The Morgan fingerprint density at radius 1 is 1.33 bits per heavy atom. The van der Waals surface area contributed by atoms with Crippen LogP contribution in [0.4, 0.5) is 0 Å². The molecule has 1 unspecified atom stereocenters. The number of aliphatic hydroxyl groups is 1. The molecule has 1 aromatic carbocycles. The Hall–Kier alpha value is -1.51. The number of carbonyl (C=O) groups is 1. The first kappa shape index (κ1) is 18.8. The van der Waals surface area contributed by atoms with Gasteiger partial charge >= 0.3 is 5.97 Å². The number of nitrogens with one attached hydrogen (secondary N) is 2. The first-order chi connectivity index (χ1) is 11.7.